The Hall–Kier alpha value is -0.0700. The summed E-state index contributed by atoms with van der Waals surface area (Å²) in [6, 6.07) is 2.78. The molecule has 98 valence electrons. The predicted octanol–water partition coefficient (Wildman–Crippen LogP) is 0.00220. The van der Waals surface area contributed by atoms with E-state index in [2.05, 4.69) is 0 Å². The molecule has 0 fully saturated rings. The Bertz CT molecular complexity index is 498. The van der Waals surface area contributed by atoms with Gasteiger partial charge in [-0.25, -0.2) is 0 Å². The first-order valence-corrected chi connectivity index (χ1v) is 6.93. The van der Waals surface area contributed by atoms with Gasteiger partial charge in [0.1, 0.15) is 10.6 Å². The Morgan fingerprint density at radius 3 is 1.61 bits per heavy atom. The fraction of sp³-hybridized carbons (Fsp3) is 0.500. The zero-order chi connectivity index (χ0) is 13.4. The van der Waals surface area contributed by atoms with Gasteiger partial charge in [-0.2, -0.15) is 8.42 Å². The van der Waals surface area contributed by atoms with Crippen molar-refractivity contribution in [3.05, 3.63) is 23.3 Å². The topological polar surface area (TPSA) is 74.6 Å². The Labute approximate surface area is 132 Å². The first-order chi connectivity index (χ1) is 7.64. The number of phenolic OH excluding ortho intramolecular Hbond substituents is 1. The molecule has 0 aromatic heterocycles. The van der Waals surface area contributed by atoms with Crippen LogP contribution in [0.4, 0.5) is 0 Å². The van der Waals surface area contributed by atoms with Crippen LogP contribution < -0.4 is 29.6 Å². The van der Waals surface area contributed by atoms with Crippen molar-refractivity contribution in [2.45, 2.75) is 44.4 Å². The average molecular weight is 282 g/mol. The Morgan fingerprint density at radius 1 is 1.06 bits per heavy atom. The van der Waals surface area contributed by atoms with E-state index in [0.717, 1.165) is 0 Å². The van der Waals surface area contributed by atoms with Crippen LogP contribution in [0.2, 0.25) is 0 Å². The number of phenols is 1. The molecule has 4 nitrogen and oxygen atoms in total. The molecule has 0 amide bonds. The Kier molecular flexibility index (Phi) is 6.36. The van der Waals surface area contributed by atoms with E-state index in [0.29, 0.717) is 11.1 Å². The molecule has 0 spiro atoms. The van der Waals surface area contributed by atoms with Gasteiger partial charge in [0.05, 0.1) is 0 Å². The SMILES string of the molecule is CC(C)c1cc(O)cc(C(C)C)c1S(=O)(=O)O.[H-].[Na+]. The van der Waals surface area contributed by atoms with Crippen LogP contribution in [0.1, 0.15) is 52.1 Å². The molecule has 1 rings (SSSR count). The number of benzene rings is 1. The second kappa shape index (κ2) is 6.39. The average Bonchev–Trinajstić information content (AvgIpc) is 2.14. The van der Waals surface area contributed by atoms with Crippen molar-refractivity contribution in [3.63, 3.8) is 0 Å². The van der Waals surface area contributed by atoms with Gasteiger partial charge < -0.3 is 6.53 Å². The molecule has 0 aliphatic heterocycles. The summed E-state index contributed by atoms with van der Waals surface area (Å²) in [6.45, 7) is 7.25. The molecule has 2 N–H and O–H groups in total. The molecule has 1 aromatic rings. The Morgan fingerprint density at radius 2 is 1.39 bits per heavy atom. The van der Waals surface area contributed by atoms with Gasteiger partial charge in [0.2, 0.25) is 0 Å². The van der Waals surface area contributed by atoms with Crippen LogP contribution in [0.25, 0.3) is 0 Å². The van der Waals surface area contributed by atoms with Crippen molar-refractivity contribution in [2.75, 3.05) is 0 Å². The van der Waals surface area contributed by atoms with E-state index < -0.39 is 10.1 Å². The molecule has 0 radical (unpaired) electrons. The van der Waals surface area contributed by atoms with Crippen molar-refractivity contribution < 1.29 is 49.1 Å². The molecule has 6 heteroatoms. The molecule has 0 heterocycles. The normalized spacial score (nSPS) is 11.7. The molecule has 0 aliphatic carbocycles. The Balaban J connectivity index is 0. The van der Waals surface area contributed by atoms with Crippen LogP contribution in [-0.2, 0) is 10.1 Å². The van der Waals surface area contributed by atoms with E-state index in [1.807, 2.05) is 27.7 Å². The summed E-state index contributed by atoms with van der Waals surface area (Å²) in [4.78, 5) is -0.0692. The van der Waals surface area contributed by atoms with Gasteiger partial charge in [-0.05, 0) is 35.1 Å². The third-order valence-corrected chi connectivity index (χ3v) is 3.62. The van der Waals surface area contributed by atoms with Gasteiger partial charge >= 0.3 is 29.6 Å². The van der Waals surface area contributed by atoms with Crippen LogP contribution in [0, 0.1) is 0 Å². The standard InChI is InChI=1S/C12H18O4S.Na.H/c1-7(2)10-5-9(13)6-11(8(3)4)12(10)17(14,15)16;;/h5-8,13H,1-4H3,(H,14,15,16);;/q;+1;-1. The minimum Gasteiger partial charge on any atom is -1.00 e. The molecular weight excluding hydrogens is 263 g/mol. The zero-order valence-electron chi connectivity index (χ0n) is 12.4. The maximum atomic E-state index is 11.5. The number of aromatic hydroxyl groups is 1. The summed E-state index contributed by atoms with van der Waals surface area (Å²) in [6.07, 6.45) is 0. The minimum atomic E-state index is -4.28. The second-order valence-corrected chi connectivity index (χ2v) is 6.10. The van der Waals surface area contributed by atoms with Crippen molar-refractivity contribution >= 4 is 10.1 Å². The largest absolute Gasteiger partial charge is 1.00 e. The molecule has 0 aliphatic rings. The van der Waals surface area contributed by atoms with Crippen LogP contribution in [0.15, 0.2) is 17.0 Å². The van der Waals surface area contributed by atoms with Gasteiger partial charge in [0, 0.05) is 0 Å². The predicted molar refractivity (Wildman–Crippen MR) is 67.2 cm³/mol. The monoisotopic (exact) mass is 282 g/mol. The third kappa shape index (κ3) is 3.96. The van der Waals surface area contributed by atoms with Crippen LogP contribution in [0.3, 0.4) is 0 Å². The van der Waals surface area contributed by atoms with Crippen LogP contribution in [0.5, 0.6) is 5.75 Å². The number of hydrogen-bond donors (Lipinski definition) is 2. The summed E-state index contributed by atoms with van der Waals surface area (Å²) in [7, 11) is -4.28. The summed E-state index contributed by atoms with van der Waals surface area (Å²) >= 11 is 0. The van der Waals surface area contributed by atoms with E-state index in [9.17, 15) is 18.1 Å². The van der Waals surface area contributed by atoms with Gasteiger partial charge in [0.15, 0.2) is 0 Å². The quantitative estimate of drug-likeness (QED) is 0.604. The summed E-state index contributed by atoms with van der Waals surface area (Å²) in [5.41, 5.74) is 0.882. The van der Waals surface area contributed by atoms with Crippen molar-refractivity contribution in [2.24, 2.45) is 0 Å². The van der Waals surface area contributed by atoms with Gasteiger partial charge in [-0.3, -0.25) is 4.55 Å². The molecule has 18 heavy (non-hydrogen) atoms. The van der Waals surface area contributed by atoms with E-state index in [4.69, 9.17) is 0 Å². The van der Waals surface area contributed by atoms with E-state index >= 15 is 0 Å². The smallest absolute Gasteiger partial charge is 1.00 e. The molecular formula is C12H19NaO4S. The van der Waals surface area contributed by atoms with Gasteiger partial charge in [-0.15, -0.1) is 0 Å². The molecule has 0 bridgehead atoms. The first-order valence-electron chi connectivity index (χ1n) is 5.49. The van der Waals surface area contributed by atoms with E-state index in [-0.39, 0.29) is 53.5 Å². The van der Waals surface area contributed by atoms with E-state index in [1.54, 1.807) is 0 Å². The molecule has 1 aromatic carbocycles. The zero-order valence-corrected chi connectivity index (χ0v) is 14.2. The van der Waals surface area contributed by atoms with Crippen LogP contribution in [-0.4, -0.2) is 18.1 Å². The van der Waals surface area contributed by atoms with Gasteiger partial charge in [0.25, 0.3) is 10.1 Å². The summed E-state index contributed by atoms with van der Waals surface area (Å²) in [5, 5.41) is 9.61. The maximum absolute atomic E-state index is 11.5. The first kappa shape index (κ1) is 17.9. The van der Waals surface area contributed by atoms with Crippen molar-refractivity contribution in [1.29, 1.82) is 0 Å². The van der Waals surface area contributed by atoms with Gasteiger partial charge in [-0.1, -0.05) is 27.7 Å². The summed E-state index contributed by atoms with van der Waals surface area (Å²) in [5.74, 6) is -0.183. The fourth-order valence-corrected chi connectivity index (χ4v) is 3.00. The molecule has 0 unspecified atom stereocenters. The second-order valence-electron chi connectivity index (χ2n) is 4.74. The fourth-order valence-electron chi connectivity index (χ4n) is 1.81. The summed E-state index contributed by atoms with van der Waals surface area (Å²) < 4.78 is 32.3. The maximum Gasteiger partial charge on any atom is 1.00 e. The molecule has 0 saturated heterocycles. The van der Waals surface area contributed by atoms with Crippen LogP contribution >= 0.6 is 0 Å². The van der Waals surface area contributed by atoms with Crippen molar-refractivity contribution in [3.8, 4) is 5.75 Å². The molecule has 0 saturated carbocycles. The minimum absolute atomic E-state index is 0. The third-order valence-electron chi connectivity index (χ3n) is 2.63. The number of hydrogen-bond acceptors (Lipinski definition) is 3. The van der Waals surface area contributed by atoms with E-state index in [1.165, 1.54) is 12.1 Å². The number of rotatable bonds is 3. The molecule has 0 atom stereocenters. The van der Waals surface area contributed by atoms with Crippen molar-refractivity contribution in [1.82, 2.24) is 0 Å².